The standard InChI is InChI=1S/C27H38FN3O4S/c1-5-18-29-27(33)25(7-3)30(20-22-10-14-23(28)15-11-22)26(32)9-8-19-31(36(4,34)35)24-16-12-21(6-2)13-17-24/h10-17,25H,5-9,18-20H2,1-4H3,(H,29,33)/t25-/m0/s1. The summed E-state index contributed by atoms with van der Waals surface area (Å²) in [5.41, 5.74) is 2.36. The van der Waals surface area contributed by atoms with E-state index in [4.69, 9.17) is 0 Å². The molecule has 0 aromatic heterocycles. The molecular weight excluding hydrogens is 481 g/mol. The Morgan fingerprint density at radius 1 is 0.972 bits per heavy atom. The molecule has 2 aromatic rings. The van der Waals surface area contributed by atoms with E-state index in [0.717, 1.165) is 24.7 Å². The first-order valence-corrected chi connectivity index (χ1v) is 14.3. The number of halogens is 1. The molecule has 0 aliphatic rings. The highest BCUT2D eigenvalue weighted by Crippen LogP contribution is 2.20. The van der Waals surface area contributed by atoms with E-state index in [1.54, 1.807) is 24.3 Å². The van der Waals surface area contributed by atoms with Crippen LogP contribution in [-0.4, -0.2) is 50.5 Å². The molecule has 2 amide bonds. The number of hydrogen-bond donors (Lipinski definition) is 1. The predicted octanol–water partition coefficient (Wildman–Crippen LogP) is 4.27. The van der Waals surface area contributed by atoms with Crippen molar-refractivity contribution in [3.8, 4) is 0 Å². The monoisotopic (exact) mass is 519 g/mol. The van der Waals surface area contributed by atoms with Crippen molar-refractivity contribution < 1.29 is 22.4 Å². The molecule has 9 heteroatoms. The molecule has 0 heterocycles. The maximum absolute atomic E-state index is 13.4. The third-order valence-electron chi connectivity index (χ3n) is 5.99. The number of carbonyl (C=O) groups is 2. The Balaban J connectivity index is 2.18. The zero-order valence-electron chi connectivity index (χ0n) is 21.7. The lowest BCUT2D eigenvalue weighted by molar-refractivity contribution is -0.141. The van der Waals surface area contributed by atoms with E-state index in [1.165, 1.54) is 21.3 Å². The van der Waals surface area contributed by atoms with Crippen molar-refractivity contribution in [3.63, 3.8) is 0 Å². The van der Waals surface area contributed by atoms with E-state index in [0.29, 0.717) is 24.2 Å². The lowest BCUT2D eigenvalue weighted by Gasteiger charge is -2.31. The van der Waals surface area contributed by atoms with Gasteiger partial charge in [-0.15, -0.1) is 0 Å². The average Bonchev–Trinajstić information content (AvgIpc) is 2.85. The molecule has 198 valence electrons. The molecule has 0 aliphatic carbocycles. The van der Waals surface area contributed by atoms with E-state index >= 15 is 0 Å². The summed E-state index contributed by atoms with van der Waals surface area (Å²) in [6, 6.07) is 12.5. The number of amides is 2. The molecule has 1 atom stereocenters. The number of nitrogens with one attached hydrogen (secondary N) is 1. The number of carbonyl (C=O) groups excluding carboxylic acids is 2. The average molecular weight is 520 g/mol. The van der Waals surface area contributed by atoms with Gasteiger partial charge >= 0.3 is 0 Å². The molecule has 0 saturated heterocycles. The largest absolute Gasteiger partial charge is 0.354 e. The summed E-state index contributed by atoms with van der Waals surface area (Å²) >= 11 is 0. The summed E-state index contributed by atoms with van der Waals surface area (Å²) in [6.07, 6.45) is 3.54. The van der Waals surface area contributed by atoms with Gasteiger partial charge in [0.25, 0.3) is 0 Å². The second kappa shape index (κ2) is 14.0. The van der Waals surface area contributed by atoms with Crippen LogP contribution >= 0.6 is 0 Å². The third kappa shape index (κ3) is 8.62. The molecular formula is C27H38FN3O4S. The van der Waals surface area contributed by atoms with Crippen LogP contribution in [-0.2, 0) is 32.6 Å². The lowest BCUT2D eigenvalue weighted by Crippen LogP contribution is -2.49. The van der Waals surface area contributed by atoms with Crippen LogP contribution in [0, 0.1) is 5.82 Å². The number of benzene rings is 2. The Labute approximate surface area is 214 Å². The Morgan fingerprint density at radius 2 is 1.58 bits per heavy atom. The predicted molar refractivity (Wildman–Crippen MR) is 142 cm³/mol. The van der Waals surface area contributed by atoms with E-state index in [9.17, 15) is 22.4 Å². The number of aryl methyl sites for hydroxylation is 1. The van der Waals surface area contributed by atoms with Gasteiger partial charge in [-0.1, -0.05) is 45.0 Å². The van der Waals surface area contributed by atoms with Crippen molar-refractivity contribution in [2.75, 3.05) is 23.7 Å². The minimum absolute atomic E-state index is 0.0673. The van der Waals surface area contributed by atoms with E-state index in [2.05, 4.69) is 5.32 Å². The third-order valence-corrected chi connectivity index (χ3v) is 7.18. The fourth-order valence-corrected chi connectivity index (χ4v) is 4.94. The van der Waals surface area contributed by atoms with Crippen LogP contribution in [0.15, 0.2) is 48.5 Å². The topological polar surface area (TPSA) is 86.8 Å². The van der Waals surface area contributed by atoms with Gasteiger partial charge in [0.05, 0.1) is 11.9 Å². The maximum Gasteiger partial charge on any atom is 0.242 e. The van der Waals surface area contributed by atoms with Crippen molar-refractivity contribution in [1.29, 1.82) is 0 Å². The van der Waals surface area contributed by atoms with E-state index in [1.807, 2.05) is 32.9 Å². The van der Waals surface area contributed by atoms with Crippen LogP contribution in [0.2, 0.25) is 0 Å². The Kier molecular flexibility index (Phi) is 11.4. The van der Waals surface area contributed by atoms with Crippen LogP contribution in [0.3, 0.4) is 0 Å². The number of rotatable bonds is 14. The molecule has 2 rings (SSSR count). The Hall–Kier alpha value is -2.94. The molecule has 0 radical (unpaired) electrons. The van der Waals surface area contributed by atoms with E-state index < -0.39 is 16.1 Å². The molecule has 0 spiro atoms. The van der Waals surface area contributed by atoms with Gasteiger partial charge in [0.15, 0.2) is 0 Å². The van der Waals surface area contributed by atoms with Crippen molar-refractivity contribution in [1.82, 2.24) is 10.2 Å². The van der Waals surface area contributed by atoms with Crippen molar-refractivity contribution in [2.24, 2.45) is 0 Å². The van der Waals surface area contributed by atoms with Crippen LogP contribution < -0.4 is 9.62 Å². The van der Waals surface area contributed by atoms with Crippen molar-refractivity contribution in [3.05, 3.63) is 65.5 Å². The number of nitrogens with zero attached hydrogens (tertiary/aromatic N) is 2. The van der Waals surface area contributed by atoms with Gasteiger partial charge in [0.2, 0.25) is 21.8 Å². The molecule has 0 unspecified atom stereocenters. The minimum atomic E-state index is -3.54. The first-order chi connectivity index (χ1) is 17.1. The second-order valence-electron chi connectivity index (χ2n) is 8.82. The molecule has 2 aromatic carbocycles. The fourth-order valence-electron chi connectivity index (χ4n) is 3.97. The lowest BCUT2D eigenvalue weighted by atomic mass is 10.1. The molecule has 0 fully saturated rings. The quantitative estimate of drug-likeness (QED) is 0.404. The zero-order chi connectivity index (χ0) is 26.7. The van der Waals surface area contributed by atoms with Crippen LogP contribution in [0.25, 0.3) is 0 Å². The Bertz CT molecular complexity index is 1090. The van der Waals surface area contributed by atoms with Gasteiger partial charge in [-0.25, -0.2) is 12.8 Å². The number of hydrogen-bond acceptors (Lipinski definition) is 4. The Morgan fingerprint density at radius 3 is 2.11 bits per heavy atom. The van der Waals surface area contributed by atoms with Crippen molar-refractivity contribution >= 4 is 27.5 Å². The van der Waals surface area contributed by atoms with Gasteiger partial charge in [-0.3, -0.25) is 13.9 Å². The van der Waals surface area contributed by atoms with Gasteiger partial charge in [-0.05, 0) is 61.1 Å². The van der Waals surface area contributed by atoms with Crippen LogP contribution in [0.5, 0.6) is 0 Å². The van der Waals surface area contributed by atoms with E-state index in [-0.39, 0.29) is 43.6 Å². The summed E-state index contributed by atoms with van der Waals surface area (Å²) in [4.78, 5) is 27.7. The normalized spacial score (nSPS) is 12.1. The number of anilines is 1. The summed E-state index contributed by atoms with van der Waals surface area (Å²) in [6.45, 7) is 6.62. The highest BCUT2D eigenvalue weighted by molar-refractivity contribution is 7.92. The molecule has 1 N–H and O–H groups in total. The first-order valence-electron chi connectivity index (χ1n) is 12.5. The zero-order valence-corrected chi connectivity index (χ0v) is 22.5. The van der Waals surface area contributed by atoms with Crippen molar-refractivity contribution in [2.45, 2.75) is 65.5 Å². The minimum Gasteiger partial charge on any atom is -0.354 e. The van der Waals surface area contributed by atoms with Gasteiger partial charge in [-0.2, -0.15) is 0 Å². The van der Waals surface area contributed by atoms with Crippen LogP contribution in [0.1, 0.15) is 57.6 Å². The highest BCUT2D eigenvalue weighted by atomic mass is 32.2. The van der Waals surface area contributed by atoms with Gasteiger partial charge in [0.1, 0.15) is 11.9 Å². The molecule has 36 heavy (non-hydrogen) atoms. The SMILES string of the molecule is CCCNC(=O)[C@H](CC)N(Cc1ccc(F)cc1)C(=O)CCCN(c1ccc(CC)cc1)S(C)(=O)=O. The maximum atomic E-state index is 13.4. The highest BCUT2D eigenvalue weighted by Gasteiger charge is 2.28. The summed E-state index contributed by atoms with van der Waals surface area (Å²) in [5.74, 6) is -0.867. The fraction of sp³-hybridized carbons (Fsp3) is 0.481. The summed E-state index contributed by atoms with van der Waals surface area (Å²) in [5, 5.41) is 2.86. The molecule has 0 saturated carbocycles. The van der Waals surface area contributed by atoms with Crippen LogP contribution in [0.4, 0.5) is 10.1 Å². The first kappa shape index (κ1) is 29.3. The summed E-state index contributed by atoms with van der Waals surface area (Å²) in [7, 11) is -3.54. The molecule has 0 aliphatic heterocycles. The summed E-state index contributed by atoms with van der Waals surface area (Å²) < 4.78 is 39.6. The molecule has 0 bridgehead atoms. The second-order valence-corrected chi connectivity index (χ2v) is 10.7. The van der Waals surface area contributed by atoms with Gasteiger partial charge < -0.3 is 10.2 Å². The van der Waals surface area contributed by atoms with Gasteiger partial charge in [0, 0.05) is 26.1 Å². The smallest absolute Gasteiger partial charge is 0.242 e. The number of sulfonamides is 1. The molecule has 7 nitrogen and oxygen atoms in total.